The molecule has 1 aromatic rings. The summed E-state index contributed by atoms with van der Waals surface area (Å²) in [6.07, 6.45) is 2.46. The van der Waals surface area contributed by atoms with E-state index < -0.39 is 10.0 Å². The summed E-state index contributed by atoms with van der Waals surface area (Å²) in [5.74, 6) is 0.840. The molecule has 0 saturated carbocycles. The van der Waals surface area contributed by atoms with Crippen LogP contribution in [0.5, 0.6) is 5.75 Å². The SMILES string of the molecule is O=S(=O)(c1ccc2c(c1)CCO2)N1CCCC(CO)C1. The molecule has 0 amide bonds. The second-order valence-corrected chi connectivity index (χ2v) is 7.36. The van der Waals surface area contributed by atoms with Gasteiger partial charge in [-0.05, 0) is 42.5 Å². The van der Waals surface area contributed by atoms with Gasteiger partial charge >= 0.3 is 0 Å². The summed E-state index contributed by atoms with van der Waals surface area (Å²) in [6, 6.07) is 5.07. The molecular weight excluding hydrogens is 278 g/mol. The van der Waals surface area contributed by atoms with E-state index in [1.165, 1.54) is 4.31 Å². The number of nitrogens with zero attached hydrogens (tertiary/aromatic N) is 1. The van der Waals surface area contributed by atoms with Gasteiger partial charge in [0.25, 0.3) is 0 Å². The van der Waals surface area contributed by atoms with Crippen molar-refractivity contribution in [3.63, 3.8) is 0 Å². The second-order valence-electron chi connectivity index (χ2n) is 5.42. The highest BCUT2D eigenvalue weighted by molar-refractivity contribution is 7.89. The lowest BCUT2D eigenvalue weighted by Gasteiger charge is -2.31. The smallest absolute Gasteiger partial charge is 0.243 e. The van der Waals surface area contributed by atoms with Crippen LogP contribution in [-0.2, 0) is 16.4 Å². The summed E-state index contributed by atoms with van der Waals surface area (Å²) in [4.78, 5) is 0.334. The number of aliphatic hydroxyl groups is 1. The minimum Gasteiger partial charge on any atom is -0.493 e. The van der Waals surface area contributed by atoms with Crippen molar-refractivity contribution in [2.45, 2.75) is 24.2 Å². The average molecular weight is 297 g/mol. The van der Waals surface area contributed by atoms with Gasteiger partial charge in [0.15, 0.2) is 0 Å². The first kappa shape index (κ1) is 13.9. The van der Waals surface area contributed by atoms with Gasteiger partial charge in [-0.25, -0.2) is 8.42 Å². The molecule has 2 aliphatic rings. The molecule has 0 aromatic heterocycles. The minimum absolute atomic E-state index is 0.0457. The summed E-state index contributed by atoms with van der Waals surface area (Å²) in [6.45, 7) is 1.61. The summed E-state index contributed by atoms with van der Waals surface area (Å²) in [5, 5.41) is 9.23. The van der Waals surface area contributed by atoms with Crippen molar-refractivity contribution in [2.75, 3.05) is 26.3 Å². The third-order valence-corrected chi connectivity index (χ3v) is 5.90. The molecule has 110 valence electrons. The van der Waals surface area contributed by atoms with Gasteiger partial charge in [-0.2, -0.15) is 4.31 Å². The summed E-state index contributed by atoms with van der Waals surface area (Å²) >= 11 is 0. The van der Waals surface area contributed by atoms with Crippen LogP contribution in [0.15, 0.2) is 23.1 Å². The molecule has 1 unspecified atom stereocenters. The van der Waals surface area contributed by atoms with E-state index in [0.29, 0.717) is 24.6 Å². The van der Waals surface area contributed by atoms with Gasteiger partial charge in [0.1, 0.15) is 5.75 Å². The van der Waals surface area contributed by atoms with Crippen LogP contribution < -0.4 is 4.74 Å². The zero-order chi connectivity index (χ0) is 14.2. The van der Waals surface area contributed by atoms with Crippen LogP contribution in [0, 0.1) is 5.92 Å². The fraction of sp³-hybridized carbons (Fsp3) is 0.571. The molecule has 1 aromatic carbocycles. The molecule has 1 fully saturated rings. The van der Waals surface area contributed by atoms with Crippen LogP contribution >= 0.6 is 0 Å². The third-order valence-electron chi connectivity index (χ3n) is 4.04. The Morgan fingerprint density at radius 1 is 1.40 bits per heavy atom. The van der Waals surface area contributed by atoms with Crippen molar-refractivity contribution in [1.82, 2.24) is 4.31 Å². The molecule has 1 N–H and O–H groups in total. The lowest BCUT2D eigenvalue weighted by molar-refractivity contribution is 0.165. The Bertz CT molecular complexity index is 599. The van der Waals surface area contributed by atoms with Gasteiger partial charge in [-0.15, -0.1) is 0 Å². The first-order valence-electron chi connectivity index (χ1n) is 6.98. The maximum Gasteiger partial charge on any atom is 0.243 e. The molecule has 0 radical (unpaired) electrons. The van der Waals surface area contributed by atoms with E-state index in [9.17, 15) is 13.5 Å². The molecule has 5 nitrogen and oxygen atoms in total. The lowest BCUT2D eigenvalue weighted by Crippen LogP contribution is -2.40. The maximum absolute atomic E-state index is 12.7. The third kappa shape index (κ3) is 2.43. The molecule has 0 spiro atoms. The van der Waals surface area contributed by atoms with Crippen LogP contribution in [0.3, 0.4) is 0 Å². The molecule has 0 aliphatic carbocycles. The van der Waals surface area contributed by atoms with Gasteiger partial charge in [0.2, 0.25) is 10.0 Å². The highest BCUT2D eigenvalue weighted by Gasteiger charge is 2.30. The van der Waals surface area contributed by atoms with Crippen molar-refractivity contribution in [3.8, 4) is 5.75 Å². The molecule has 2 aliphatic heterocycles. The highest BCUT2D eigenvalue weighted by atomic mass is 32.2. The van der Waals surface area contributed by atoms with Crippen molar-refractivity contribution >= 4 is 10.0 Å². The zero-order valence-corrected chi connectivity index (χ0v) is 12.1. The monoisotopic (exact) mass is 297 g/mol. The standard InChI is InChI=1S/C14H19NO4S/c16-10-11-2-1-6-15(9-11)20(17,18)13-3-4-14-12(8-13)5-7-19-14/h3-4,8,11,16H,1-2,5-7,9-10H2. The van der Waals surface area contributed by atoms with Crippen LogP contribution in [0.4, 0.5) is 0 Å². The minimum atomic E-state index is -3.46. The maximum atomic E-state index is 12.7. The van der Waals surface area contributed by atoms with E-state index >= 15 is 0 Å². The van der Waals surface area contributed by atoms with E-state index in [1.807, 2.05) is 0 Å². The van der Waals surface area contributed by atoms with Crippen LogP contribution in [0.2, 0.25) is 0 Å². The van der Waals surface area contributed by atoms with Gasteiger partial charge in [0.05, 0.1) is 11.5 Å². The normalized spacial score (nSPS) is 23.4. The predicted molar refractivity (Wildman–Crippen MR) is 74.2 cm³/mol. The first-order valence-corrected chi connectivity index (χ1v) is 8.42. The largest absolute Gasteiger partial charge is 0.493 e. The highest BCUT2D eigenvalue weighted by Crippen LogP contribution is 2.30. The summed E-state index contributed by atoms with van der Waals surface area (Å²) in [5.41, 5.74) is 0.960. The number of piperidine rings is 1. The van der Waals surface area contributed by atoms with Gasteiger partial charge < -0.3 is 9.84 Å². The van der Waals surface area contributed by atoms with Crippen molar-refractivity contribution in [3.05, 3.63) is 23.8 Å². The average Bonchev–Trinajstić information content (AvgIpc) is 2.94. The molecule has 2 heterocycles. The topological polar surface area (TPSA) is 66.8 Å². The first-order chi connectivity index (χ1) is 9.61. The van der Waals surface area contributed by atoms with Crippen molar-refractivity contribution in [1.29, 1.82) is 0 Å². The Morgan fingerprint density at radius 2 is 2.25 bits per heavy atom. The molecule has 1 saturated heterocycles. The number of sulfonamides is 1. The number of aliphatic hydroxyl groups excluding tert-OH is 1. The predicted octanol–water partition coefficient (Wildman–Crippen LogP) is 1.01. The van der Waals surface area contributed by atoms with Crippen molar-refractivity contribution in [2.24, 2.45) is 5.92 Å². The van der Waals surface area contributed by atoms with E-state index in [2.05, 4.69) is 0 Å². The number of fused-ring (bicyclic) bond motifs is 1. The Kier molecular flexibility index (Phi) is 3.70. The number of hydrogen-bond donors (Lipinski definition) is 1. The van der Waals surface area contributed by atoms with E-state index in [4.69, 9.17) is 4.74 Å². The lowest BCUT2D eigenvalue weighted by atomic mass is 10.0. The second kappa shape index (κ2) is 5.35. The van der Waals surface area contributed by atoms with Crippen LogP contribution in [0.1, 0.15) is 18.4 Å². The number of hydrogen-bond acceptors (Lipinski definition) is 4. The van der Waals surface area contributed by atoms with Crippen LogP contribution in [-0.4, -0.2) is 44.1 Å². The molecule has 3 rings (SSSR count). The fourth-order valence-corrected chi connectivity index (χ4v) is 4.47. The molecule has 6 heteroatoms. The Balaban J connectivity index is 1.87. The zero-order valence-electron chi connectivity index (χ0n) is 11.3. The number of ether oxygens (including phenoxy) is 1. The summed E-state index contributed by atoms with van der Waals surface area (Å²) in [7, 11) is -3.46. The van der Waals surface area contributed by atoms with Crippen molar-refractivity contribution < 1.29 is 18.3 Å². The molecular formula is C14H19NO4S. The molecule has 1 atom stereocenters. The van der Waals surface area contributed by atoms with E-state index in [1.54, 1.807) is 18.2 Å². The Morgan fingerprint density at radius 3 is 3.05 bits per heavy atom. The number of rotatable bonds is 3. The van der Waals surface area contributed by atoms with E-state index in [-0.39, 0.29) is 12.5 Å². The fourth-order valence-electron chi connectivity index (χ4n) is 2.87. The molecule has 20 heavy (non-hydrogen) atoms. The van der Waals surface area contributed by atoms with Crippen LogP contribution in [0.25, 0.3) is 0 Å². The summed E-state index contributed by atoms with van der Waals surface area (Å²) < 4.78 is 32.2. The van der Waals surface area contributed by atoms with Gasteiger partial charge in [-0.3, -0.25) is 0 Å². The van der Waals surface area contributed by atoms with Gasteiger partial charge in [0, 0.05) is 26.1 Å². The molecule has 0 bridgehead atoms. The Labute approximate surface area is 119 Å². The van der Waals surface area contributed by atoms with Gasteiger partial charge in [-0.1, -0.05) is 0 Å². The Hall–Kier alpha value is -1.11. The van der Waals surface area contributed by atoms with E-state index in [0.717, 1.165) is 30.6 Å². The number of benzene rings is 1. The quantitative estimate of drug-likeness (QED) is 0.904.